The Morgan fingerprint density at radius 2 is 1.70 bits per heavy atom. The number of rotatable bonds is 7. The van der Waals surface area contributed by atoms with Crippen LogP contribution in [0.25, 0.3) is 0 Å². The van der Waals surface area contributed by atoms with Crippen LogP contribution >= 0.6 is 11.6 Å². The molecule has 0 saturated carbocycles. The average Bonchev–Trinajstić information content (AvgIpc) is 2.68. The van der Waals surface area contributed by atoms with Gasteiger partial charge in [0, 0.05) is 39.3 Å². The summed E-state index contributed by atoms with van der Waals surface area (Å²) in [5, 5.41) is 0.232. The van der Waals surface area contributed by atoms with Gasteiger partial charge < -0.3 is 9.64 Å². The van der Waals surface area contributed by atoms with Crippen LogP contribution in [-0.2, 0) is 10.0 Å². The van der Waals surface area contributed by atoms with Crippen molar-refractivity contribution in [3.8, 4) is 5.75 Å². The van der Waals surface area contributed by atoms with E-state index in [9.17, 15) is 8.42 Å². The smallest absolute Gasteiger partial charge is 0.242 e. The topological polar surface area (TPSA) is 61.9 Å². The molecule has 0 aliphatic carbocycles. The lowest BCUT2D eigenvalue weighted by Gasteiger charge is -2.36. The van der Waals surface area contributed by atoms with Gasteiger partial charge in [0.2, 0.25) is 10.0 Å². The van der Waals surface area contributed by atoms with E-state index in [1.807, 2.05) is 18.2 Å². The monoisotopic (exact) mass is 409 g/mol. The first kappa shape index (κ1) is 19.9. The van der Waals surface area contributed by atoms with Crippen molar-refractivity contribution in [3.05, 3.63) is 53.6 Å². The van der Waals surface area contributed by atoms with Gasteiger partial charge in [-0.25, -0.2) is 13.1 Å². The van der Waals surface area contributed by atoms with Crippen LogP contribution in [0.1, 0.15) is 0 Å². The summed E-state index contributed by atoms with van der Waals surface area (Å²) in [5.74, 6) is 0.874. The predicted octanol–water partition coefficient (Wildman–Crippen LogP) is 2.45. The summed E-state index contributed by atoms with van der Waals surface area (Å²) in [6, 6.07) is 14.5. The maximum Gasteiger partial charge on any atom is 0.242 e. The standard InChI is InChI=1S/C19H24ClN3O3S/c1-26-18-8-4-3-7-17(18)23-14-12-22(13-15-23)11-10-21-27(24,25)19-9-5-2-6-16(19)20/h2-9,21H,10-15H2,1H3. The number of methoxy groups -OCH3 is 1. The summed E-state index contributed by atoms with van der Waals surface area (Å²) in [5.41, 5.74) is 1.10. The molecule has 3 rings (SSSR count). The Labute approximate surface area is 165 Å². The van der Waals surface area contributed by atoms with Gasteiger partial charge in [0.25, 0.3) is 0 Å². The second-order valence-electron chi connectivity index (χ2n) is 6.33. The molecule has 146 valence electrons. The summed E-state index contributed by atoms with van der Waals surface area (Å²) >= 11 is 5.99. The molecule has 2 aromatic rings. The molecule has 8 heteroatoms. The molecule has 0 bridgehead atoms. The predicted molar refractivity (Wildman–Crippen MR) is 108 cm³/mol. The molecule has 0 unspecified atom stereocenters. The first-order valence-corrected chi connectivity index (χ1v) is 10.7. The minimum Gasteiger partial charge on any atom is -0.495 e. The Kier molecular flexibility index (Phi) is 6.59. The van der Waals surface area contributed by atoms with Crippen LogP contribution in [-0.4, -0.2) is 59.7 Å². The second kappa shape index (κ2) is 8.93. The zero-order chi connectivity index (χ0) is 19.3. The molecule has 0 atom stereocenters. The van der Waals surface area contributed by atoms with E-state index in [1.165, 1.54) is 6.07 Å². The van der Waals surface area contributed by atoms with Crippen LogP contribution in [0.5, 0.6) is 5.75 Å². The summed E-state index contributed by atoms with van der Waals surface area (Å²) in [6.45, 7) is 4.48. The maximum atomic E-state index is 12.4. The van der Waals surface area contributed by atoms with Crippen molar-refractivity contribution in [1.29, 1.82) is 0 Å². The largest absolute Gasteiger partial charge is 0.495 e. The van der Waals surface area contributed by atoms with Crippen LogP contribution in [0, 0.1) is 0 Å². The number of nitrogens with zero attached hydrogens (tertiary/aromatic N) is 2. The van der Waals surface area contributed by atoms with Gasteiger partial charge in [-0.2, -0.15) is 0 Å². The van der Waals surface area contributed by atoms with Gasteiger partial charge in [-0.15, -0.1) is 0 Å². The molecule has 2 aromatic carbocycles. The molecule has 0 amide bonds. The zero-order valence-electron chi connectivity index (χ0n) is 15.3. The van der Waals surface area contributed by atoms with Gasteiger partial charge in [-0.05, 0) is 24.3 Å². The number of ether oxygens (including phenoxy) is 1. The first-order chi connectivity index (χ1) is 13.0. The van der Waals surface area contributed by atoms with E-state index in [-0.39, 0.29) is 9.92 Å². The third-order valence-corrected chi connectivity index (χ3v) is 6.61. The van der Waals surface area contributed by atoms with Crippen LogP contribution in [0.3, 0.4) is 0 Å². The molecule has 1 aliphatic heterocycles. The van der Waals surface area contributed by atoms with Crippen molar-refractivity contribution < 1.29 is 13.2 Å². The molecule has 0 radical (unpaired) electrons. The lowest BCUT2D eigenvalue weighted by molar-refractivity contribution is 0.261. The van der Waals surface area contributed by atoms with Crippen molar-refractivity contribution >= 4 is 27.3 Å². The van der Waals surface area contributed by atoms with Crippen molar-refractivity contribution in [2.45, 2.75) is 4.90 Å². The van der Waals surface area contributed by atoms with E-state index in [4.69, 9.17) is 16.3 Å². The zero-order valence-corrected chi connectivity index (χ0v) is 16.8. The Bertz CT molecular complexity index is 868. The van der Waals surface area contributed by atoms with Crippen molar-refractivity contribution in [1.82, 2.24) is 9.62 Å². The highest BCUT2D eigenvalue weighted by Crippen LogP contribution is 2.28. The number of sulfonamides is 1. The van der Waals surface area contributed by atoms with E-state index in [1.54, 1.807) is 25.3 Å². The lowest BCUT2D eigenvalue weighted by atomic mass is 10.2. The third kappa shape index (κ3) is 4.93. The molecule has 1 heterocycles. The number of nitrogens with one attached hydrogen (secondary N) is 1. The van der Waals surface area contributed by atoms with E-state index in [0.717, 1.165) is 37.6 Å². The molecule has 1 aliphatic rings. The lowest BCUT2D eigenvalue weighted by Crippen LogP contribution is -2.48. The first-order valence-electron chi connectivity index (χ1n) is 8.86. The molecule has 0 aromatic heterocycles. The van der Waals surface area contributed by atoms with Gasteiger partial charge in [0.15, 0.2) is 0 Å². The van der Waals surface area contributed by atoms with Crippen LogP contribution in [0.4, 0.5) is 5.69 Å². The van der Waals surface area contributed by atoms with E-state index in [2.05, 4.69) is 20.6 Å². The summed E-state index contributed by atoms with van der Waals surface area (Å²) in [6.07, 6.45) is 0. The number of anilines is 1. The summed E-state index contributed by atoms with van der Waals surface area (Å²) < 4.78 is 32.8. The fraction of sp³-hybridized carbons (Fsp3) is 0.368. The Morgan fingerprint density at radius 1 is 1.04 bits per heavy atom. The molecule has 27 heavy (non-hydrogen) atoms. The van der Waals surface area contributed by atoms with Crippen molar-refractivity contribution in [3.63, 3.8) is 0 Å². The molecule has 1 saturated heterocycles. The van der Waals surface area contributed by atoms with Gasteiger partial charge in [0.1, 0.15) is 10.6 Å². The highest BCUT2D eigenvalue weighted by Gasteiger charge is 2.21. The van der Waals surface area contributed by atoms with E-state index >= 15 is 0 Å². The van der Waals surface area contributed by atoms with Gasteiger partial charge in [-0.3, -0.25) is 4.90 Å². The minimum atomic E-state index is -3.59. The second-order valence-corrected chi connectivity index (χ2v) is 8.47. The number of benzene rings is 2. The molecule has 0 spiro atoms. The number of hydrogen-bond donors (Lipinski definition) is 1. The molecule has 1 N–H and O–H groups in total. The fourth-order valence-electron chi connectivity index (χ4n) is 3.18. The molecular weight excluding hydrogens is 386 g/mol. The highest BCUT2D eigenvalue weighted by molar-refractivity contribution is 7.89. The third-order valence-electron chi connectivity index (χ3n) is 4.64. The SMILES string of the molecule is COc1ccccc1N1CCN(CCNS(=O)(=O)c2ccccc2Cl)CC1. The highest BCUT2D eigenvalue weighted by atomic mass is 35.5. The van der Waals surface area contributed by atoms with E-state index in [0.29, 0.717) is 13.1 Å². The van der Waals surface area contributed by atoms with Crippen LogP contribution in [0.2, 0.25) is 5.02 Å². The number of hydrogen-bond acceptors (Lipinski definition) is 5. The minimum absolute atomic E-state index is 0.118. The van der Waals surface area contributed by atoms with Crippen molar-refractivity contribution in [2.24, 2.45) is 0 Å². The van der Waals surface area contributed by atoms with Gasteiger partial charge in [0.05, 0.1) is 17.8 Å². The number of piperazine rings is 1. The average molecular weight is 410 g/mol. The van der Waals surface area contributed by atoms with E-state index < -0.39 is 10.0 Å². The number of halogens is 1. The normalized spacial score (nSPS) is 15.7. The Balaban J connectivity index is 1.49. The molecule has 1 fully saturated rings. The quantitative estimate of drug-likeness (QED) is 0.761. The maximum absolute atomic E-state index is 12.4. The van der Waals surface area contributed by atoms with Gasteiger partial charge in [-0.1, -0.05) is 35.9 Å². The Hall–Kier alpha value is -1.80. The van der Waals surface area contributed by atoms with Crippen LogP contribution < -0.4 is 14.4 Å². The fourth-order valence-corrected chi connectivity index (χ4v) is 4.72. The number of para-hydroxylation sites is 2. The van der Waals surface area contributed by atoms with Crippen molar-refractivity contribution in [2.75, 3.05) is 51.3 Å². The molecular formula is C19H24ClN3O3S. The molecule has 6 nitrogen and oxygen atoms in total. The summed E-state index contributed by atoms with van der Waals surface area (Å²) in [7, 11) is -1.91. The van der Waals surface area contributed by atoms with Crippen LogP contribution in [0.15, 0.2) is 53.4 Å². The Morgan fingerprint density at radius 3 is 2.41 bits per heavy atom. The van der Waals surface area contributed by atoms with Gasteiger partial charge >= 0.3 is 0 Å². The summed E-state index contributed by atoms with van der Waals surface area (Å²) in [4.78, 5) is 4.66.